The topological polar surface area (TPSA) is 52.5 Å². The monoisotopic (exact) mass is 504 g/mol. The average Bonchev–Trinajstić information content (AvgIpc) is 3.20. The lowest BCUT2D eigenvalue weighted by Gasteiger charge is -2.30. The van der Waals surface area contributed by atoms with Gasteiger partial charge in [-0.05, 0) is 73.3 Å². The summed E-state index contributed by atoms with van der Waals surface area (Å²) in [6.45, 7) is 16.3. The van der Waals surface area contributed by atoms with Crippen molar-refractivity contribution in [2.75, 3.05) is 19.8 Å². The van der Waals surface area contributed by atoms with Crippen molar-refractivity contribution in [3.05, 3.63) is 47.2 Å². The Morgan fingerprint density at radius 3 is 2.49 bits per heavy atom. The van der Waals surface area contributed by atoms with E-state index in [1.165, 1.54) is 37.7 Å². The summed E-state index contributed by atoms with van der Waals surface area (Å²) < 4.78 is 14.1. The number of nitrogens with zero attached hydrogens (tertiary/aromatic N) is 1. The lowest BCUT2D eigenvalue weighted by Crippen LogP contribution is -2.39. The molecule has 2 aliphatic heterocycles. The van der Waals surface area contributed by atoms with Gasteiger partial charge >= 0.3 is 0 Å². The van der Waals surface area contributed by atoms with Crippen molar-refractivity contribution in [1.82, 2.24) is 9.88 Å². The van der Waals surface area contributed by atoms with E-state index in [1.807, 2.05) is 0 Å². The van der Waals surface area contributed by atoms with Crippen LogP contribution in [0.1, 0.15) is 99.3 Å². The quantitative estimate of drug-likeness (QED) is 0.475. The molecule has 0 spiro atoms. The van der Waals surface area contributed by atoms with Crippen molar-refractivity contribution >= 4 is 11.5 Å². The predicted octanol–water partition coefficient (Wildman–Crippen LogP) is 7.05. The summed E-state index contributed by atoms with van der Waals surface area (Å²) in [6, 6.07) is 6.86. The molecule has 5 rings (SSSR count). The highest BCUT2D eigenvalue weighted by atomic mass is 16.5. The van der Waals surface area contributed by atoms with E-state index >= 15 is 0 Å². The summed E-state index contributed by atoms with van der Waals surface area (Å²) in [7, 11) is 0. The van der Waals surface area contributed by atoms with E-state index < -0.39 is 0 Å². The second kappa shape index (κ2) is 10.7. The second-order valence-corrected chi connectivity index (χ2v) is 12.4. The van der Waals surface area contributed by atoms with E-state index in [0.29, 0.717) is 25.7 Å². The van der Waals surface area contributed by atoms with Crippen molar-refractivity contribution < 1.29 is 14.3 Å². The molecule has 2 aromatic rings. The fourth-order valence-electron chi connectivity index (χ4n) is 6.25. The van der Waals surface area contributed by atoms with E-state index in [2.05, 4.69) is 62.4 Å². The molecule has 0 radical (unpaired) electrons. The molecule has 1 aliphatic carbocycles. The molecule has 1 saturated heterocycles. The van der Waals surface area contributed by atoms with Crippen LogP contribution in [0.25, 0.3) is 16.8 Å². The van der Waals surface area contributed by atoms with Gasteiger partial charge in [-0.2, -0.15) is 0 Å². The van der Waals surface area contributed by atoms with Crippen LogP contribution in [-0.2, 0) is 16.7 Å². The fourth-order valence-corrected chi connectivity index (χ4v) is 6.25. The standard InChI is InChI=1S/C32H44N2O3/c1-21-11-16-37-30-26(21)17-24(18-28(30)32(3,4)5)29-19-27(31(35)33-25-12-14-36-15-13-25)22(2)34(29)20-23-9-7-6-8-10-23/h17-19,23,25H,1,6-16,20H2,2-5H3,(H,33,35). The molecule has 1 aromatic carbocycles. The number of nitrogens with one attached hydrogen (secondary N) is 1. The molecule has 2 fully saturated rings. The summed E-state index contributed by atoms with van der Waals surface area (Å²) in [5.74, 6) is 1.67. The maximum Gasteiger partial charge on any atom is 0.253 e. The molecular formula is C32H44N2O3. The molecule has 0 atom stereocenters. The third-order valence-corrected chi connectivity index (χ3v) is 8.56. The molecule has 37 heavy (non-hydrogen) atoms. The van der Waals surface area contributed by atoms with Gasteiger partial charge in [0.05, 0.1) is 12.2 Å². The van der Waals surface area contributed by atoms with E-state index in [9.17, 15) is 4.79 Å². The van der Waals surface area contributed by atoms with Gasteiger partial charge in [0.15, 0.2) is 0 Å². The summed E-state index contributed by atoms with van der Waals surface area (Å²) >= 11 is 0. The van der Waals surface area contributed by atoms with Crippen molar-refractivity contribution in [1.29, 1.82) is 0 Å². The first-order valence-corrected chi connectivity index (χ1v) is 14.3. The number of rotatable bonds is 5. The summed E-state index contributed by atoms with van der Waals surface area (Å²) in [6.07, 6.45) is 9.09. The minimum atomic E-state index is -0.0726. The normalized spacial score (nSPS) is 19.4. The van der Waals surface area contributed by atoms with Gasteiger partial charge in [0.2, 0.25) is 0 Å². The van der Waals surface area contributed by atoms with Gasteiger partial charge in [-0.3, -0.25) is 4.79 Å². The summed E-state index contributed by atoms with van der Waals surface area (Å²) in [5.41, 5.74) is 7.52. The van der Waals surface area contributed by atoms with Crippen LogP contribution < -0.4 is 10.1 Å². The van der Waals surface area contributed by atoms with Crippen LogP contribution in [0.5, 0.6) is 5.75 Å². The summed E-state index contributed by atoms with van der Waals surface area (Å²) in [5, 5.41) is 3.30. The SMILES string of the molecule is C=C1CCOc2c1cc(-c1cc(C(=O)NC3CCOCC3)c(C)n1CC1CCCCC1)cc2C(C)(C)C. The Kier molecular flexibility index (Phi) is 7.53. The van der Waals surface area contributed by atoms with Gasteiger partial charge in [-0.1, -0.05) is 46.6 Å². The molecule has 200 valence electrons. The van der Waals surface area contributed by atoms with E-state index in [-0.39, 0.29) is 17.4 Å². The Morgan fingerprint density at radius 1 is 1.05 bits per heavy atom. The van der Waals surface area contributed by atoms with Gasteiger partial charge in [0.1, 0.15) is 5.75 Å². The van der Waals surface area contributed by atoms with Gasteiger partial charge in [-0.25, -0.2) is 0 Å². The Labute approximate surface area is 222 Å². The molecule has 5 nitrogen and oxygen atoms in total. The number of carbonyl (C=O) groups excluding carboxylic acids is 1. The van der Waals surface area contributed by atoms with Crippen molar-refractivity contribution in [2.45, 2.75) is 97.1 Å². The maximum absolute atomic E-state index is 13.5. The molecule has 1 saturated carbocycles. The van der Waals surface area contributed by atoms with Crippen LogP contribution in [0.2, 0.25) is 0 Å². The van der Waals surface area contributed by atoms with E-state index in [4.69, 9.17) is 9.47 Å². The van der Waals surface area contributed by atoms with Crippen LogP contribution >= 0.6 is 0 Å². The minimum absolute atomic E-state index is 0.0368. The highest BCUT2D eigenvalue weighted by Gasteiger charge is 2.29. The number of amides is 1. The molecule has 3 aliphatic rings. The average molecular weight is 505 g/mol. The molecule has 1 amide bonds. The fraction of sp³-hybridized carbons (Fsp3) is 0.594. The number of hydrogen-bond donors (Lipinski definition) is 1. The van der Waals surface area contributed by atoms with Crippen molar-refractivity contribution in [3.63, 3.8) is 0 Å². The lowest BCUT2D eigenvalue weighted by molar-refractivity contribution is 0.0696. The zero-order valence-corrected chi connectivity index (χ0v) is 23.3. The Balaban J connectivity index is 1.59. The number of benzene rings is 1. The largest absolute Gasteiger partial charge is 0.492 e. The van der Waals surface area contributed by atoms with Crippen LogP contribution in [0.3, 0.4) is 0 Å². The Morgan fingerprint density at radius 2 is 1.78 bits per heavy atom. The van der Waals surface area contributed by atoms with Crippen LogP contribution in [0.15, 0.2) is 24.8 Å². The first-order chi connectivity index (χ1) is 17.7. The Bertz CT molecular complexity index is 1160. The number of carbonyl (C=O) groups is 1. The third kappa shape index (κ3) is 5.52. The van der Waals surface area contributed by atoms with Crippen LogP contribution in [0, 0.1) is 12.8 Å². The molecule has 1 aromatic heterocycles. The van der Waals surface area contributed by atoms with Gasteiger partial charge < -0.3 is 19.4 Å². The van der Waals surface area contributed by atoms with E-state index in [0.717, 1.165) is 65.2 Å². The molecule has 0 bridgehead atoms. The molecule has 0 unspecified atom stereocenters. The molecular weight excluding hydrogens is 460 g/mol. The van der Waals surface area contributed by atoms with Crippen LogP contribution in [0.4, 0.5) is 0 Å². The minimum Gasteiger partial charge on any atom is -0.492 e. The Hall–Kier alpha value is -2.53. The smallest absolute Gasteiger partial charge is 0.253 e. The zero-order valence-electron chi connectivity index (χ0n) is 23.3. The molecule has 1 N–H and O–H groups in total. The predicted molar refractivity (Wildman–Crippen MR) is 150 cm³/mol. The van der Waals surface area contributed by atoms with Crippen molar-refractivity contribution in [3.8, 4) is 17.0 Å². The van der Waals surface area contributed by atoms with Gasteiger partial charge in [0, 0.05) is 54.7 Å². The summed E-state index contributed by atoms with van der Waals surface area (Å²) in [4.78, 5) is 13.5. The second-order valence-electron chi connectivity index (χ2n) is 12.4. The highest BCUT2D eigenvalue weighted by molar-refractivity contribution is 5.97. The third-order valence-electron chi connectivity index (χ3n) is 8.56. The van der Waals surface area contributed by atoms with Crippen LogP contribution in [-0.4, -0.2) is 36.3 Å². The highest BCUT2D eigenvalue weighted by Crippen LogP contribution is 2.44. The molecule has 5 heteroatoms. The number of ether oxygens (including phenoxy) is 2. The van der Waals surface area contributed by atoms with Gasteiger partial charge in [-0.15, -0.1) is 0 Å². The number of fused-ring (bicyclic) bond motifs is 1. The first-order valence-electron chi connectivity index (χ1n) is 14.3. The zero-order chi connectivity index (χ0) is 26.2. The first kappa shape index (κ1) is 26.1. The maximum atomic E-state index is 13.5. The van der Waals surface area contributed by atoms with E-state index in [1.54, 1.807) is 0 Å². The van der Waals surface area contributed by atoms with Gasteiger partial charge in [0.25, 0.3) is 5.91 Å². The van der Waals surface area contributed by atoms with Crippen molar-refractivity contribution in [2.24, 2.45) is 5.92 Å². The molecule has 3 heterocycles. The lowest BCUT2D eigenvalue weighted by atomic mass is 9.81. The number of aromatic nitrogens is 1. The number of hydrogen-bond acceptors (Lipinski definition) is 3.